The maximum Gasteiger partial charge on any atom is 0.413 e. The number of nitrogens with one attached hydrogen (secondary N) is 1. The quantitative estimate of drug-likeness (QED) is 0.822. The third-order valence-electron chi connectivity index (χ3n) is 4.40. The number of rotatable bonds is 4. The molecule has 144 valence electrons. The number of imide groups is 1. The van der Waals surface area contributed by atoms with E-state index in [1.165, 1.54) is 12.0 Å². The second kappa shape index (κ2) is 7.91. The SMILES string of the molecule is COC(=O)N(C)c1ccc(NC(=O)c2ccc(N3C(=O)CCC3=O)cc2)cc1. The van der Waals surface area contributed by atoms with Gasteiger partial charge >= 0.3 is 6.09 Å². The summed E-state index contributed by atoms with van der Waals surface area (Å²) in [5, 5.41) is 2.75. The Bertz CT molecular complexity index is 906. The van der Waals surface area contributed by atoms with E-state index in [-0.39, 0.29) is 30.6 Å². The first kappa shape index (κ1) is 19.1. The zero-order valence-corrected chi connectivity index (χ0v) is 15.5. The molecule has 2 aromatic carbocycles. The van der Waals surface area contributed by atoms with Crippen LogP contribution in [0, 0.1) is 0 Å². The summed E-state index contributed by atoms with van der Waals surface area (Å²) in [6.07, 6.45) is -0.0726. The summed E-state index contributed by atoms with van der Waals surface area (Å²) < 4.78 is 4.65. The average Bonchev–Trinajstić information content (AvgIpc) is 3.05. The Kier molecular flexibility index (Phi) is 5.39. The summed E-state index contributed by atoms with van der Waals surface area (Å²) in [4.78, 5) is 49.9. The molecule has 1 heterocycles. The van der Waals surface area contributed by atoms with Crippen molar-refractivity contribution < 1.29 is 23.9 Å². The molecule has 0 aliphatic carbocycles. The molecule has 8 nitrogen and oxygen atoms in total. The third-order valence-corrected chi connectivity index (χ3v) is 4.40. The minimum Gasteiger partial charge on any atom is -0.452 e. The van der Waals surface area contributed by atoms with Crippen molar-refractivity contribution in [3.8, 4) is 0 Å². The first-order chi connectivity index (χ1) is 13.4. The van der Waals surface area contributed by atoms with E-state index >= 15 is 0 Å². The molecule has 0 bridgehead atoms. The molecule has 0 unspecified atom stereocenters. The lowest BCUT2D eigenvalue weighted by molar-refractivity contribution is -0.121. The van der Waals surface area contributed by atoms with E-state index in [1.807, 2.05) is 0 Å². The largest absolute Gasteiger partial charge is 0.452 e. The fourth-order valence-electron chi connectivity index (χ4n) is 2.84. The highest BCUT2D eigenvalue weighted by molar-refractivity contribution is 6.20. The fraction of sp³-hybridized carbons (Fsp3) is 0.200. The van der Waals surface area contributed by atoms with Crippen molar-refractivity contribution in [1.82, 2.24) is 0 Å². The molecule has 0 aromatic heterocycles. The second-order valence-corrected chi connectivity index (χ2v) is 6.20. The number of benzene rings is 2. The number of amides is 4. The summed E-state index contributed by atoms with van der Waals surface area (Å²) in [6, 6.07) is 13.0. The van der Waals surface area contributed by atoms with Gasteiger partial charge < -0.3 is 10.1 Å². The van der Waals surface area contributed by atoms with Crippen LogP contribution in [0.4, 0.5) is 21.9 Å². The maximum absolute atomic E-state index is 12.4. The van der Waals surface area contributed by atoms with Gasteiger partial charge in [-0.15, -0.1) is 0 Å². The summed E-state index contributed by atoms with van der Waals surface area (Å²) in [6.45, 7) is 0. The number of methoxy groups -OCH3 is 1. The zero-order valence-electron chi connectivity index (χ0n) is 15.5. The van der Waals surface area contributed by atoms with Crippen LogP contribution in [0.3, 0.4) is 0 Å². The van der Waals surface area contributed by atoms with Crippen molar-refractivity contribution in [1.29, 1.82) is 0 Å². The number of carbonyl (C=O) groups is 4. The van der Waals surface area contributed by atoms with E-state index in [0.717, 1.165) is 4.90 Å². The van der Waals surface area contributed by atoms with Crippen molar-refractivity contribution in [2.24, 2.45) is 0 Å². The Labute approximate surface area is 161 Å². The molecule has 28 heavy (non-hydrogen) atoms. The predicted molar refractivity (Wildman–Crippen MR) is 103 cm³/mol. The van der Waals surface area contributed by atoms with Crippen LogP contribution in [-0.4, -0.2) is 38.0 Å². The zero-order chi connectivity index (χ0) is 20.3. The smallest absolute Gasteiger partial charge is 0.413 e. The lowest BCUT2D eigenvalue weighted by Crippen LogP contribution is -2.28. The van der Waals surface area contributed by atoms with Crippen LogP contribution in [0.15, 0.2) is 48.5 Å². The first-order valence-electron chi connectivity index (χ1n) is 8.59. The van der Waals surface area contributed by atoms with Gasteiger partial charge in [-0.1, -0.05) is 0 Å². The minimum absolute atomic E-state index is 0.211. The van der Waals surface area contributed by atoms with Gasteiger partial charge in [0.25, 0.3) is 5.91 Å². The van der Waals surface area contributed by atoms with Gasteiger partial charge in [-0.2, -0.15) is 0 Å². The Morgan fingerprint density at radius 2 is 1.54 bits per heavy atom. The van der Waals surface area contributed by atoms with Crippen LogP contribution in [0.2, 0.25) is 0 Å². The fourth-order valence-corrected chi connectivity index (χ4v) is 2.84. The van der Waals surface area contributed by atoms with Gasteiger partial charge in [-0.3, -0.25) is 24.2 Å². The van der Waals surface area contributed by atoms with Crippen LogP contribution >= 0.6 is 0 Å². The molecule has 1 N–H and O–H groups in total. The molecule has 8 heteroatoms. The molecule has 0 radical (unpaired) electrons. The van der Waals surface area contributed by atoms with Crippen molar-refractivity contribution in [2.45, 2.75) is 12.8 Å². The topological polar surface area (TPSA) is 96.0 Å². The summed E-state index contributed by atoms with van der Waals surface area (Å²) in [5.41, 5.74) is 2.02. The van der Waals surface area contributed by atoms with Crippen molar-refractivity contribution in [2.75, 3.05) is 29.3 Å². The van der Waals surface area contributed by atoms with Gasteiger partial charge in [-0.25, -0.2) is 4.79 Å². The van der Waals surface area contributed by atoms with E-state index < -0.39 is 6.09 Å². The number of hydrogen-bond acceptors (Lipinski definition) is 5. The summed E-state index contributed by atoms with van der Waals surface area (Å²) >= 11 is 0. The molecule has 0 spiro atoms. The van der Waals surface area contributed by atoms with Gasteiger partial charge in [0.05, 0.1) is 12.8 Å². The Balaban J connectivity index is 1.67. The van der Waals surface area contributed by atoms with Gasteiger partial charge in [0.1, 0.15) is 0 Å². The highest BCUT2D eigenvalue weighted by Gasteiger charge is 2.30. The monoisotopic (exact) mass is 381 g/mol. The molecule has 2 aromatic rings. The summed E-state index contributed by atoms with van der Waals surface area (Å²) in [5.74, 6) is -0.807. The van der Waals surface area contributed by atoms with Crippen LogP contribution in [-0.2, 0) is 14.3 Å². The summed E-state index contributed by atoms with van der Waals surface area (Å²) in [7, 11) is 2.88. The van der Waals surface area contributed by atoms with Gasteiger partial charge in [0.15, 0.2) is 0 Å². The number of nitrogens with zero attached hydrogens (tertiary/aromatic N) is 2. The van der Waals surface area contributed by atoms with Crippen LogP contribution in [0.5, 0.6) is 0 Å². The van der Waals surface area contributed by atoms with Gasteiger partial charge in [0, 0.05) is 36.8 Å². The molecular formula is C20H19N3O5. The second-order valence-electron chi connectivity index (χ2n) is 6.20. The Morgan fingerprint density at radius 1 is 0.964 bits per heavy atom. The molecule has 1 aliphatic rings. The molecule has 1 aliphatic heterocycles. The van der Waals surface area contributed by atoms with Crippen LogP contribution < -0.4 is 15.1 Å². The molecular weight excluding hydrogens is 362 g/mol. The standard InChI is InChI=1S/C20H19N3O5/c1-22(20(27)28-2)15-9-5-14(6-10-15)21-19(26)13-3-7-16(8-4-13)23-17(24)11-12-18(23)25/h3-10H,11-12H2,1-2H3,(H,21,26). The highest BCUT2D eigenvalue weighted by Crippen LogP contribution is 2.23. The van der Waals surface area contributed by atoms with Crippen molar-refractivity contribution in [3.05, 3.63) is 54.1 Å². The van der Waals surface area contributed by atoms with Crippen LogP contribution in [0.1, 0.15) is 23.2 Å². The Morgan fingerprint density at radius 3 is 2.07 bits per heavy atom. The third kappa shape index (κ3) is 3.85. The Hall–Kier alpha value is -3.68. The number of ether oxygens (including phenoxy) is 1. The van der Waals surface area contributed by atoms with Gasteiger partial charge in [0.2, 0.25) is 11.8 Å². The van der Waals surface area contributed by atoms with Gasteiger partial charge in [-0.05, 0) is 48.5 Å². The molecule has 0 saturated carbocycles. The molecule has 1 saturated heterocycles. The number of carbonyl (C=O) groups excluding carboxylic acids is 4. The predicted octanol–water partition coefficient (Wildman–Crippen LogP) is 2.79. The van der Waals surface area contributed by atoms with Crippen LogP contribution in [0.25, 0.3) is 0 Å². The lowest BCUT2D eigenvalue weighted by atomic mass is 10.1. The van der Waals surface area contributed by atoms with E-state index in [0.29, 0.717) is 22.6 Å². The normalized spacial score (nSPS) is 13.4. The van der Waals surface area contributed by atoms with E-state index in [1.54, 1.807) is 55.6 Å². The molecule has 0 atom stereocenters. The van der Waals surface area contributed by atoms with E-state index in [4.69, 9.17) is 0 Å². The highest BCUT2D eigenvalue weighted by atomic mass is 16.5. The lowest BCUT2D eigenvalue weighted by Gasteiger charge is -2.16. The maximum atomic E-state index is 12.4. The molecule has 1 fully saturated rings. The van der Waals surface area contributed by atoms with Crippen molar-refractivity contribution in [3.63, 3.8) is 0 Å². The van der Waals surface area contributed by atoms with E-state index in [9.17, 15) is 19.2 Å². The first-order valence-corrected chi connectivity index (χ1v) is 8.59. The molecule has 3 rings (SSSR count). The average molecular weight is 381 g/mol. The minimum atomic E-state index is -0.494. The van der Waals surface area contributed by atoms with E-state index in [2.05, 4.69) is 10.1 Å². The number of anilines is 3. The number of hydrogen-bond donors (Lipinski definition) is 1. The van der Waals surface area contributed by atoms with Crippen molar-refractivity contribution >= 4 is 40.9 Å². The molecule has 4 amide bonds.